The number of methoxy groups -OCH3 is 1. The minimum absolute atomic E-state index is 0.0101. The number of benzene rings is 1. The van der Waals surface area contributed by atoms with Crippen LogP contribution in [0.4, 0.5) is 18.0 Å². The third-order valence-electron chi connectivity index (χ3n) is 6.54. The SMILES string of the molecule is COc1cc(-c2cnc3cc(C4CN(C(=O)OC(C)(C)C)C4)c(F)cn23)cc(OC(F)F)c1C(=O)NC1CC1. The Morgan fingerprint density at radius 2 is 1.82 bits per heavy atom. The predicted molar refractivity (Wildman–Crippen MR) is 135 cm³/mol. The molecule has 5 rings (SSSR count). The summed E-state index contributed by atoms with van der Waals surface area (Å²) in [5, 5.41) is 2.76. The lowest BCUT2D eigenvalue weighted by atomic mass is 9.92. The number of amides is 2. The Morgan fingerprint density at radius 1 is 1.13 bits per heavy atom. The van der Waals surface area contributed by atoms with Crippen molar-refractivity contribution in [3.05, 3.63) is 47.5 Å². The largest absolute Gasteiger partial charge is 0.496 e. The lowest BCUT2D eigenvalue weighted by Gasteiger charge is -2.40. The van der Waals surface area contributed by atoms with Crippen LogP contribution in [0.25, 0.3) is 16.9 Å². The van der Waals surface area contributed by atoms with Gasteiger partial charge in [-0.05, 0) is 57.4 Å². The number of halogens is 3. The maximum Gasteiger partial charge on any atom is 0.410 e. The summed E-state index contributed by atoms with van der Waals surface area (Å²) in [6, 6.07) is 4.38. The highest BCUT2D eigenvalue weighted by Crippen LogP contribution is 2.38. The molecule has 3 aromatic rings. The van der Waals surface area contributed by atoms with Crippen molar-refractivity contribution in [3.8, 4) is 22.8 Å². The number of fused-ring (bicyclic) bond motifs is 1. The molecule has 2 aliphatic rings. The van der Waals surface area contributed by atoms with Crippen molar-refractivity contribution in [2.24, 2.45) is 0 Å². The van der Waals surface area contributed by atoms with Gasteiger partial charge in [-0.15, -0.1) is 0 Å². The highest BCUT2D eigenvalue weighted by molar-refractivity contribution is 6.01. The van der Waals surface area contributed by atoms with Gasteiger partial charge in [-0.1, -0.05) is 0 Å². The summed E-state index contributed by atoms with van der Waals surface area (Å²) >= 11 is 0. The molecule has 0 atom stereocenters. The van der Waals surface area contributed by atoms with Gasteiger partial charge in [0.15, 0.2) is 0 Å². The van der Waals surface area contributed by atoms with Crippen LogP contribution in [0.2, 0.25) is 0 Å². The van der Waals surface area contributed by atoms with E-state index in [2.05, 4.69) is 10.3 Å². The fourth-order valence-corrected chi connectivity index (χ4v) is 4.49. The first-order valence-electron chi connectivity index (χ1n) is 12.6. The molecule has 208 valence electrons. The zero-order valence-electron chi connectivity index (χ0n) is 22.0. The fraction of sp³-hybridized carbons (Fsp3) is 0.444. The first-order valence-corrected chi connectivity index (χ1v) is 12.6. The van der Waals surface area contributed by atoms with Crippen molar-refractivity contribution < 1.29 is 37.0 Å². The first kappa shape index (κ1) is 26.6. The topological polar surface area (TPSA) is 94.4 Å². The fourth-order valence-electron chi connectivity index (χ4n) is 4.49. The molecule has 0 radical (unpaired) electrons. The summed E-state index contributed by atoms with van der Waals surface area (Å²) in [6.45, 7) is 2.78. The number of aromatic nitrogens is 2. The number of nitrogens with zero attached hydrogens (tertiary/aromatic N) is 3. The summed E-state index contributed by atoms with van der Waals surface area (Å²) in [5.41, 5.74) is 0.778. The van der Waals surface area contributed by atoms with Gasteiger partial charge >= 0.3 is 12.7 Å². The van der Waals surface area contributed by atoms with Gasteiger partial charge in [0.1, 0.15) is 34.1 Å². The number of alkyl halides is 2. The van der Waals surface area contributed by atoms with Gasteiger partial charge in [0.25, 0.3) is 5.91 Å². The molecule has 0 unspecified atom stereocenters. The average Bonchev–Trinajstić information content (AvgIpc) is 3.52. The number of carbonyl (C=O) groups is 2. The Bertz CT molecular complexity index is 1430. The van der Waals surface area contributed by atoms with Gasteiger partial charge in [0.05, 0.1) is 19.0 Å². The molecule has 1 aliphatic carbocycles. The number of hydrogen-bond acceptors (Lipinski definition) is 6. The van der Waals surface area contributed by atoms with Crippen LogP contribution in [0.15, 0.2) is 30.6 Å². The standard InChI is InChI=1S/C27H29F3N4O5/c1-27(2,3)39-26(36)33-11-15(12-33)17-9-22-31-10-19(34(22)13-18(17)28)14-7-20(37-4)23(21(8-14)38-25(29)30)24(35)32-16-5-6-16/h7-10,13,15-16,25H,5-6,11-12H2,1-4H3,(H,32,35). The van der Waals surface area contributed by atoms with E-state index >= 15 is 4.39 Å². The van der Waals surface area contributed by atoms with E-state index in [1.807, 2.05) is 0 Å². The molecule has 1 saturated carbocycles. The van der Waals surface area contributed by atoms with E-state index in [1.54, 1.807) is 26.8 Å². The van der Waals surface area contributed by atoms with Crippen molar-refractivity contribution in [1.82, 2.24) is 19.6 Å². The van der Waals surface area contributed by atoms with Gasteiger partial charge in [-0.2, -0.15) is 8.78 Å². The summed E-state index contributed by atoms with van der Waals surface area (Å²) in [4.78, 5) is 30.9. The van der Waals surface area contributed by atoms with Crippen molar-refractivity contribution >= 4 is 17.6 Å². The third-order valence-corrected chi connectivity index (χ3v) is 6.54. The highest BCUT2D eigenvalue weighted by atomic mass is 19.3. The van der Waals surface area contributed by atoms with Gasteiger partial charge in [0, 0.05) is 36.8 Å². The Hall–Kier alpha value is -3.96. The molecule has 39 heavy (non-hydrogen) atoms. The van der Waals surface area contributed by atoms with Gasteiger partial charge in [-0.3, -0.25) is 9.20 Å². The maximum absolute atomic E-state index is 15.3. The van der Waals surface area contributed by atoms with Crippen molar-refractivity contribution in [2.45, 2.75) is 57.8 Å². The van der Waals surface area contributed by atoms with Crippen molar-refractivity contribution in [1.29, 1.82) is 0 Å². The van der Waals surface area contributed by atoms with Crippen LogP contribution < -0.4 is 14.8 Å². The Labute approximate surface area is 222 Å². The lowest BCUT2D eigenvalue weighted by molar-refractivity contribution is -0.0502. The number of likely N-dealkylation sites (tertiary alicyclic amines) is 1. The summed E-state index contributed by atoms with van der Waals surface area (Å²) < 4.78 is 58.7. The average molecular weight is 547 g/mol. The summed E-state index contributed by atoms with van der Waals surface area (Å²) in [5.74, 6) is -1.64. The number of rotatable bonds is 7. The maximum atomic E-state index is 15.3. The van der Waals surface area contributed by atoms with E-state index in [-0.39, 0.29) is 29.0 Å². The normalized spacial score (nSPS) is 15.8. The number of imidazole rings is 1. The molecule has 0 spiro atoms. The Kier molecular flexibility index (Phi) is 6.81. The second-order valence-corrected chi connectivity index (χ2v) is 10.7. The molecule has 1 saturated heterocycles. The second-order valence-electron chi connectivity index (χ2n) is 10.7. The smallest absolute Gasteiger partial charge is 0.410 e. The van der Waals surface area contributed by atoms with Crippen LogP contribution in [-0.4, -0.2) is 64.7 Å². The lowest BCUT2D eigenvalue weighted by Crippen LogP contribution is -2.50. The molecule has 1 aromatic carbocycles. The molecule has 1 N–H and O–H groups in total. The van der Waals surface area contributed by atoms with E-state index in [9.17, 15) is 18.4 Å². The molecule has 0 bridgehead atoms. The molecular weight excluding hydrogens is 517 g/mol. The van der Waals surface area contributed by atoms with Crippen LogP contribution >= 0.6 is 0 Å². The van der Waals surface area contributed by atoms with E-state index in [0.717, 1.165) is 12.8 Å². The van der Waals surface area contributed by atoms with E-state index in [4.69, 9.17) is 14.2 Å². The molecule has 9 nitrogen and oxygen atoms in total. The van der Waals surface area contributed by atoms with Crippen molar-refractivity contribution in [3.63, 3.8) is 0 Å². The molecule has 2 fully saturated rings. The zero-order chi connectivity index (χ0) is 28.1. The minimum Gasteiger partial charge on any atom is -0.496 e. The zero-order valence-corrected chi connectivity index (χ0v) is 22.0. The molecular formula is C27H29F3N4O5. The Morgan fingerprint density at radius 3 is 2.44 bits per heavy atom. The first-order chi connectivity index (χ1) is 18.4. The van der Waals surface area contributed by atoms with Crippen LogP contribution in [-0.2, 0) is 4.74 Å². The summed E-state index contributed by atoms with van der Waals surface area (Å²) in [6.07, 6.45) is 3.90. The monoisotopic (exact) mass is 546 g/mol. The third kappa shape index (κ3) is 5.59. The van der Waals surface area contributed by atoms with E-state index < -0.39 is 30.0 Å². The number of hydrogen-bond donors (Lipinski definition) is 1. The van der Waals surface area contributed by atoms with Crippen LogP contribution in [0.3, 0.4) is 0 Å². The predicted octanol–water partition coefficient (Wildman–Crippen LogP) is 4.98. The van der Waals surface area contributed by atoms with Crippen LogP contribution in [0, 0.1) is 5.82 Å². The van der Waals surface area contributed by atoms with Crippen molar-refractivity contribution in [2.75, 3.05) is 20.2 Å². The quantitative estimate of drug-likeness (QED) is 0.450. The van der Waals surface area contributed by atoms with Crippen LogP contribution in [0.1, 0.15) is 55.5 Å². The molecule has 12 heteroatoms. The number of ether oxygens (including phenoxy) is 3. The number of pyridine rings is 1. The highest BCUT2D eigenvalue weighted by Gasteiger charge is 2.36. The van der Waals surface area contributed by atoms with Gasteiger partial charge in [0.2, 0.25) is 0 Å². The molecule has 1 aliphatic heterocycles. The second kappa shape index (κ2) is 9.97. The van der Waals surface area contributed by atoms with Crippen LogP contribution in [0.5, 0.6) is 11.5 Å². The number of carbonyl (C=O) groups excluding carboxylic acids is 2. The molecule has 3 heterocycles. The Balaban J connectivity index is 1.44. The molecule has 2 amide bonds. The minimum atomic E-state index is -3.18. The van der Waals surface area contributed by atoms with E-state index in [0.29, 0.717) is 35.6 Å². The van der Waals surface area contributed by atoms with Gasteiger partial charge < -0.3 is 24.4 Å². The van der Waals surface area contributed by atoms with Gasteiger partial charge in [-0.25, -0.2) is 14.2 Å². The summed E-state index contributed by atoms with van der Waals surface area (Å²) in [7, 11) is 1.32. The molecule has 2 aromatic heterocycles. The number of nitrogens with one attached hydrogen (secondary N) is 1. The van der Waals surface area contributed by atoms with E-state index in [1.165, 1.54) is 40.9 Å².